The Morgan fingerprint density at radius 3 is 2.68 bits per heavy atom. The molecule has 104 valence electrons. The highest BCUT2D eigenvalue weighted by molar-refractivity contribution is 5.43. The lowest BCUT2D eigenvalue weighted by Gasteiger charge is -2.19. The van der Waals surface area contributed by atoms with Crippen LogP contribution >= 0.6 is 0 Å². The summed E-state index contributed by atoms with van der Waals surface area (Å²) in [6.45, 7) is 0.743. The molecule has 1 unspecified atom stereocenters. The van der Waals surface area contributed by atoms with Gasteiger partial charge in [0.15, 0.2) is 11.5 Å². The monoisotopic (exact) mass is 264 g/mol. The topological polar surface area (TPSA) is 47.9 Å². The lowest BCUT2D eigenvalue weighted by Crippen LogP contribution is -2.17. The van der Waals surface area contributed by atoms with E-state index in [1.165, 1.54) is 0 Å². The molecule has 1 heterocycles. The van der Waals surface area contributed by atoms with Crippen LogP contribution in [0.2, 0.25) is 0 Å². The smallest absolute Gasteiger partial charge is 0.160 e. The highest BCUT2D eigenvalue weighted by Gasteiger charge is 2.16. The fourth-order valence-electron chi connectivity index (χ4n) is 2.19. The van der Waals surface area contributed by atoms with Crippen LogP contribution in [0.4, 0.5) is 0 Å². The first-order valence-corrected chi connectivity index (χ1v) is 6.44. The van der Waals surface area contributed by atoms with Crippen LogP contribution in [0.5, 0.6) is 11.5 Å². The van der Waals surface area contributed by atoms with Crippen LogP contribution in [0.15, 0.2) is 30.0 Å². The van der Waals surface area contributed by atoms with E-state index in [4.69, 9.17) is 14.2 Å². The average Bonchev–Trinajstić information content (AvgIpc) is 2.48. The van der Waals surface area contributed by atoms with E-state index in [-0.39, 0.29) is 0 Å². The summed E-state index contributed by atoms with van der Waals surface area (Å²) in [6, 6.07) is 5.69. The molecule has 0 spiro atoms. The van der Waals surface area contributed by atoms with Gasteiger partial charge in [0.05, 0.1) is 33.2 Å². The summed E-state index contributed by atoms with van der Waals surface area (Å²) >= 11 is 0. The van der Waals surface area contributed by atoms with Crippen molar-refractivity contribution < 1.29 is 19.3 Å². The Labute approximate surface area is 113 Å². The zero-order valence-electron chi connectivity index (χ0n) is 11.4. The van der Waals surface area contributed by atoms with Crippen LogP contribution in [-0.2, 0) is 11.2 Å². The molecule has 1 aromatic carbocycles. The van der Waals surface area contributed by atoms with Gasteiger partial charge < -0.3 is 19.3 Å². The lowest BCUT2D eigenvalue weighted by molar-refractivity contribution is 0.169. The Bertz CT molecular complexity index is 453. The number of rotatable bonds is 5. The van der Waals surface area contributed by atoms with Gasteiger partial charge in [-0.2, -0.15) is 0 Å². The van der Waals surface area contributed by atoms with Crippen molar-refractivity contribution in [3.63, 3.8) is 0 Å². The largest absolute Gasteiger partial charge is 0.501 e. The van der Waals surface area contributed by atoms with Crippen molar-refractivity contribution in [2.75, 3.05) is 20.8 Å². The maximum atomic E-state index is 10.2. The Kier molecular flexibility index (Phi) is 4.68. The number of methoxy groups -OCH3 is 2. The molecule has 0 saturated carbocycles. The van der Waals surface area contributed by atoms with Gasteiger partial charge in [0.2, 0.25) is 0 Å². The van der Waals surface area contributed by atoms with Gasteiger partial charge in [-0.1, -0.05) is 6.07 Å². The van der Waals surface area contributed by atoms with Crippen molar-refractivity contribution in [1.29, 1.82) is 0 Å². The molecule has 0 aliphatic carbocycles. The second-order valence-electron chi connectivity index (χ2n) is 4.58. The lowest BCUT2D eigenvalue weighted by atomic mass is 9.98. The molecule has 0 radical (unpaired) electrons. The zero-order valence-corrected chi connectivity index (χ0v) is 11.4. The number of hydrogen-bond acceptors (Lipinski definition) is 4. The summed E-state index contributed by atoms with van der Waals surface area (Å²) in [5.41, 5.74) is 1.97. The molecule has 4 nitrogen and oxygen atoms in total. The summed E-state index contributed by atoms with van der Waals surface area (Å²) in [5, 5.41) is 10.2. The van der Waals surface area contributed by atoms with Gasteiger partial charge >= 0.3 is 0 Å². The summed E-state index contributed by atoms with van der Waals surface area (Å²) < 4.78 is 15.7. The third-order valence-corrected chi connectivity index (χ3v) is 3.27. The van der Waals surface area contributed by atoms with E-state index in [9.17, 15) is 5.11 Å². The Hall–Kier alpha value is -1.68. The predicted octanol–water partition coefficient (Wildman–Crippen LogP) is 2.30. The molecule has 1 atom stereocenters. The summed E-state index contributed by atoms with van der Waals surface area (Å²) in [6.07, 6.45) is 3.60. The van der Waals surface area contributed by atoms with Gasteiger partial charge in [-0.25, -0.2) is 0 Å². The SMILES string of the molecule is COc1ccc(CC(O)C2=COCCC2)cc1OC. The molecule has 1 aliphatic heterocycles. The minimum Gasteiger partial charge on any atom is -0.501 e. The Morgan fingerprint density at radius 2 is 2.05 bits per heavy atom. The number of hydrogen-bond donors (Lipinski definition) is 1. The fraction of sp³-hybridized carbons (Fsp3) is 0.467. The minimum atomic E-state index is -0.501. The van der Waals surface area contributed by atoms with Crippen LogP contribution in [0.25, 0.3) is 0 Å². The highest BCUT2D eigenvalue weighted by atomic mass is 16.5. The van der Waals surface area contributed by atoms with Gasteiger partial charge in [0.25, 0.3) is 0 Å². The molecule has 1 aliphatic rings. The highest BCUT2D eigenvalue weighted by Crippen LogP contribution is 2.29. The van der Waals surface area contributed by atoms with E-state index in [0.717, 1.165) is 30.6 Å². The second kappa shape index (κ2) is 6.48. The van der Waals surface area contributed by atoms with Crippen molar-refractivity contribution >= 4 is 0 Å². The molecule has 0 saturated heterocycles. The zero-order chi connectivity index (χ0) is 13.7. The molecule has 1 N–H and O–H groups in total. The van der Waals surface area contributed by atoms with E-state index < -0.39 is 6.10 Å². The maximum Gasteiger partial charge on any atom is 0.160 e. The molecule has 2 rings (SSSR count). The average molecular weight is 264 g/mol. The van der Waals surface area contributed by atoms with E-state index in [2.05, 4.69) is 0 Å². The van der Waals surface area contributed by atoms with Crippen LogP contribution in [-0.4, -0.2) is 32.0 Å². The van der Waals surface area contributed by atoms with Crippen molar-refractivity contribution in [2.24, 2.45) is 0 Å². The summed E-state index contributed by atoms with van der Waals surface area (Å²) in [7, 11) is 3.21. The summed E-state index contributed by atoms with van der Waals surface area (Å²) in [5.74, 6) is 1.38. The molecular weight excluding hydrogens is 244 g/mol. The first-order chi connectivity index (χ1) is 9.24. The molecule has 0 fully saturated rings. The number of aliphatic hydroxyl groups is 1. The molecule has 4 heteroatoms. The van der Waals surface area contributed by atoms with E-state index in [0.29, 0.717) is 17.9 Å². The van der Waals surface area contributed by atoms with E-state index >= 15 is 0 Å². The molecule has 19 heavy (non-hydrogen) atoms. The van der Waals surface area contributed by atoms with Crippen molar-refractivity contribution in [2.45, 2.75) is 25.4 Å². The fourth-order valence-corrected chi connectivity index (χ4v) is 2.19. The number of aliphatic hydroxyl groups excluding tert-OH is 1. The van der Waals surface area contributed by atoms with Crippen LogP contribution < -0.4 is 9.47 Å². The standard InChI is InChI=1S/C15H20O4/c1-17-14-6-5-11(9-15(14)18-2)8-13(16)12-4-3-7-19-10-12/h5-6,9-10,13,16H,3-4,7-8H2,1-2H3. The van der Waals surface area contributed by atoms with Crippen LogP contribution in [0.1, 0.15) is 18.4 Å². The van der Waals surface area contributed by atoms with Crippen LogP contribution in [0, 0.1) is 0 Å². The third kappa shape index (κ3) is 3.41. The normalized spacial score (nSPS) is 16.3. The molecule has 0 amide bonds. The van der Waals surface area contributed by atoms with Crippen LogP contribution in [0.3, 0.4) is 0 Å². The van der Waals surface area contributed by atoms with Crippen molar-refractivity contribution in [3.05, 3.63) is 35.6 Å². The van der Waals surface area contributed by atoms with Crippen molar-refractivity contribution in [1.82, 2.24) is 0 Å². The first kappa shape index (κ1) is 13.7. The van der Waals surface area contributed by atoms with Gasteiger partial charge in [0, 0.05) is 6.42 Å². The number of ether oxygens (including phenoxy) is 3. The van der Waals surface area contributed by atoms with Gasteiger partial charge in [-0.3, -0.25) is 0 Å². The third-order valence-electron chi connectivity index (χ3n) is 3.27. The Morgan fingerprint density at radius 1 is 1.26 bits per heavy atom. The maximum absolute atomic E-state index is 10.2. The predicted molar refractivity (Wildman–Crippen MR) is 72.5 cm³/mol. The second-order valence-corrected chi connectivity index (χ2v) is 4.58. The summed E-state index contributed by atoms with van der Waals surface area (Å²) in [4.78, 5) is 0. The number of benzene rings is 1. The minimum absolute atomic E-state index is 0.501. The molecular formula is C15H20O4. The molecule has 0 bridgehead atoms. The molecule has 0 aromatic heterocycles. The van der Waals surface area contributed by atoms with Gasteiger partial charge in [0.1, 0.15) is 0 Å². The first-order valence-electron chi connectivity index (χ1n) is 6.44. The quantitative estimate of drug-likeness (QED) is 0.886. The van der Waals surface area contributed by atoms with Gasteiger partial charge in [-0.05, 0) is 36.1 Å². The Balaban J connectivity index is 2.08. The van der Waals surface area contributed by atoms with E-state index in [1.54, 1.807) is 20.5 Å². The van der Waals surface area contributed by atoms with E-state index in [1.807, 2.05) is 18.2 Å². The van der Waals surface area contributed by atoms with Crippen molar-refractivity contribution in [3.8, 4) is 11.5 Å². The van der Waals surface area contributed by atoms with Gasteiger partial charge in [-0.15, -0.1) is 0 Å². The molecule has 1 aromatic rings.